The molecular weight excluding hydrogens is 290 g/mol. The number of piperidine rings is 1. The van der Waals surface area contributed by atoms with Crippen molar-refractivity contribution < 1.29 is 5.11 Å². The molecule has 1 aromatic rings. The lowest BCUT2D eigenvalue weighted by atomic mass is 10.0. The van der Waals surface area contributed by atoms with Gasteiger partial charge in [-0.3, -0.25) is 0 Å². The third-order valence-corrected chi connectivity index (χ3v) is 4.41. The Labute approximate surface area is 118 Å². The van der Waals surface area contributed by atoms with Crippen molar-refractivity contribution in [2.45, 2.75) is 44.8 Å². The van der Waals surface area contributed by atoms with Crippen molar-refractivity contribution in [1.29, 1.82) is 0 Å². The Morgan fingerprint density at radius 3 is 2.72 bits per heavy atom. The predicted molar refractivity (Wildman–Crippen MR) is 78.6 cm³/mol. The van der Waals surface area contributed by atoms with Crippen LogP contribution >= 0.6 is 15.9 Å². The maximum atomic E-state index is 10.2. The highest BCUT2D eigenvalue weighted by atomic mass is 79.9. The van der Waals surface area contributed by atoms with Gasteiger partial charge in [-0.05, 0) is 50.4 Å². The van der Waals surface area contributed by atoms with Gasteiger partial charge in [-0.15, -0.1) is 0 Å². The third kappa shape index (κ3) is 3.81. The van der Waals surface area contributed by atoms with Gasteiger partial charge in [0.25, 0.3) is 0 Å². The van der Waals surface area contributed by atoms with E-state index in [0.717, 1.165) is 23.0 Å². The number of aliphatic hydroxyl groups excluding tert-OH is 1. The van der Waals surface area contributed by atoms with E-state index in [-0.39, 0.29) is 6.10 Å². The largest absolute Gasteiger partial charge is 0.388 e. The van der Waals surface area contributed by atoms with Crippen LogP contribution in [0.5, 0.6) is 0 Å². The fraction of sp³-hybridized carbons (Fsp3) is 0.600. The molecule has 1 saturated heterocycles. The number of aliphatic hydroxyl groups is 1. The van der Waals surface area contributed by atoms with Crippen LogP contribution < -0.4 is 0 Å². The number of halogens is 1. The summed E-state index contributed by atoms with van der Waals surface area (Å²) in [6.45, 7) is 4.48. The van der Waals surface area contributed by atoms with E-state index in [1.54, 1.807) is 0 Å². The number of hydrogen-bond acceptors (Lipinski definition) is 2. The molecule has 1 N–H and O–H groups in total. The van der Waals surface area contributed by atoms with E-state index in [2.05, 4.69) is 27.8 Å². The van der Waals surface area contributed by atoms with Gasteiger partial charge in [-0.1, -0.05) is 34.5 Å². The summed E-state index contributed by atoms with van der Waals surface area (Å²) in [6.07, 6.45) is 4.44. The number of rotatable bonds is 4. The Hall–Kier alpha value is -0.380. The molecule has 0 saturated carbocycles. The van der Waals surface area contributed by atoms with Crippen LogP contribution in [0.2, 0.25) is 0 Å². The van der Waals surface area contributed by atoms with Gasteiger partial charge in [-0.2, -0.15) is 0 Å². The predicted octanol–water partition coefficient (Wildman–Crippen LogP) is 3.75. The maximum absolute atomic E-state index is 10.2. The molecule has 18 heavy (non-hydrogen) atoms. The molecule has 1 heterocycles. The SMILES string of the molecule is CC1CCCCN1CCC(O)c1ccc(Br)cc1. The lowest BCUT2D eigenvalue weighted by Crippen LogP contribution is -2.38. The maximum Gasteiger partial charge on any atom is 0.0802 e. The fourth-order valence-electron chi connectivity index (χ4n) is 2.63. The monoisotopic (exact) mass is 311 g/mol. The minimum Gasteiger partial charge on any atom is -0.388 e. The minimum absolute atomic E-state index is 0.341. The Balaban J connectivity index is 1.83. The molecule has 0 aliphatic carbocycles. The first-order valence-electron chi connectivity index (χ1n) is 6.84. The molecule has 2 atom stereocenters. The molecule has 1 aliphatic rings. The molecule has 2 nitrogen and oxygen atoms in total. The van der Waals surface area contributed by atoms with Crippen molar-refractivity contribution in [2.24, 2.45) is 0 Å². The summed E-state index contributed by atoms with van der Waals surface area (Å²) in [5.74, 6) is 0. The Morgan fingerprint density at radius 2 is 2.06 bits per heavy atom. The summed E-state index contributed by atoms with van der Waals surface area (Å²) in [5, 5.41) is 10.2. The lowest BCUT2D eigenvalue weighted by molar-refractivity contribution is 0.109. The normalized spacial score (nSPS) is 22.9. The Bertz CT molecular complexity index is 365. The zero-order valence-corrected chi connectivity index (χ0v) is 12.6. The standard InChI is InChI=1S/C15H22BrNO/c1-12-4-2-3-10-17(12)11-9-15(18)13-5-7-14(16)8-6-13/h5-8,12,15,18H,2-4,9-11H2,1H3. The number of hydrogen-bond donors (Lipinski definition) is 1. The number of nitrogens with zero attached hydrogens (tertiary/aromatic N) is 1. The van der Waals surface area contributed by atoms with E-state index in [4.69, 9.17) is 0 Å². The van der Waals surface area contributed by atoms with Crippen LogP contribution in [0.15, 0.2) is 28.7 Å². The van der Waals surface area contributed by atoms with E-state index in [1.807, 2.05) is 24.3 Å². The van der Waals surface area contributed by atoms with Gasteiger partial charge in [0.05, 0.1) is 6.10 Å². The van der Waals surface area contributed by atoms with E-state index < -0.39 is 0 Å². The first kappa shape index (κ1) is 14.0. The van der Waals surface area contributed by atoms with Crippen LogP contribution in [0, 0.1) is 0 Å². The highest BCUT2D eigenvalue weighted by molar-refractivity contribution is 9.10. The van der Waals surface area contributed by atoms with Gasteiger partial charge in [0, 0.05) is 17.1 Å². The zero-order valence-electron chi connectivity index (χ0n) is 11.0. The highest BCUT2D eigenvalue weighted by Crippen LogP contribution is 2.22. The van der Waals surface area contributed by atoms with Crippen molar-refractivity contribution in [1.82, 2.24) is 4.90 Å². The summed E-state index contributed by atoms with van der Waals surface area (Å²) in [5.41, 5.74) is 1.02. The van der Waals surface area contributed by atoms with Crippen LogP contribution in [0.3, 0.4) is 0 Å². The smallest absolute Gasteiger partial charge is 0.0802 e. The van der Waals surface area contributed by atoms with Crippen molar-refractivity contribution >= 4 is 15.9 Å². The number of likely N-dealkylation sites (tertiary alicyclic amines) is 1. The molecule has 0 aromatic heterocycles. The van der Waals surface area contributed by atoms with Gasteiger partial charge in [0.1, 0.15) is 0 Å². The number of benzene rings is 1. The van der Waals surface area contributed by atoms with Crippen LogP contribution in [0.1, 0.15) is 44.3 Å². The lowest BCUT2D eigenvalue weighted by Gasteiger charge is -2.33. The van der Waals surface area contributed by atoms with E-state index >= 15 is 0 Å². The molecule has 0 radical (unpaired) electrons. The molecule has 0 amide bonds. The topological polar surface area (TPSA) is 23.5 Å². The first-order chi connectivity index (χ1) is 8.66. The quantitative estimate of drug-likeness (QED) is 0.915. The van der Waals surface area contributed by atoms with E-state index in [1.165, 1.54) is 25.8 Å². The molecule has 1 aromatic carbocycles. The Kier molecular flexibility index (Phi) is 5.22. The fourth-order valence-corrected chi connectivity index (χ4v) is 2.89. The van der Waals surface area contributed by atoms with Gasteiger partial charge >= 0.3 is 0 Å². The second-order valence-corrected chi connectivity index (χ2v) is 6.15. The van der Waals surface area contributed by atoms with Crippen molar-refractivity contribution in [3.05, 3.63) is 34.3 Å². The summed E-state index contributed by atoms with van der Waals surface area (Å²) in [4.78, 5) is 2.51. The molecule has 1 aliphatic heterocycles. The van der Waals surface area contributed by atoms with Crippen molar-refractivity contribution in [3.8, 4) is 0 Å². The minimum atomic E-state index is -0.341. The second-order valence-electron chi connectivity index (χ2n) is 5.24. The molecular formula is C15H22BrNO. The van der Waals surface area contributed by atoms with Crippen LogP contribution in [-0.4, -0.2) is 29.1 Å². The molecule has 0 spiro atoms. The van der Waals surface area contributed by atoms with Crippen molar-refractivity contribution in [3.63, 3.8) is 0 Å². The average Bonchev–Trinajstić information content (AvgIpc) is 2.38. The van der Waals surface area contributed by atoms with Crippen molar-refractivity contribution in [2.75, 3.05) is 13.1 Å². The summed E-state index contributed by atoms with van der Waals surface area (Å²) >= 11 is 3.41. The second kappa shape index (κ2) is 6.69. The van der Waals surface area contributed by atoms with Crippen LogP contribution in [-0.2, 0) is 0 Å². The van der Waals surface area contributed by atoms with Crippen LogP contribution in [0.25, 0.3) is 0 Å². The first-order valence-corrected chi connectivity index (χ1v) is 7.63. The van der Waals surface area contributed by atoms with Crippen LogP contribution in [0.4, 0.5) is 0 Å². The summed E-state index contributed by atoms with van der Waals surface area (Å²) in [7, 11) is 0. The average molecular weight is 312 g/mol. The molecule has 1 fully saturated rings. The molecule has 0 bridgehead atoms. The third-order valence-electron chi connectivity index (χ3n) is 3.89. The van der Waals surface area contributed by atoms with Gasteiger partial charge in [0.15, 0.2) is 0 Å². The summed E-state index contributed by atoms with van der Waals surface area (Å²) < 4.78 is 1.06. The van der Waals surface area contributed by atoms with E-state index in [9.17, 15) is 5.11 Å². The Morgan fingerprint density at radius 1 is 1.33 bits per heavy atom. The van der Waals surface area contributed by atoms with E-state index in [0.29, 0.717) is 6.04 Å². The highest BCUT2D eigenvalue weighted by Gasteiger charge is 2.19. The molecule has 2 unspecified atom stereocenters. The van der Waals surface area contributed by atoms with Gasteiger partial charge in [-0.25, -0.2) is 0 Å². The molecule has 2 rings (SSSR count). The molecule has 3 heteroatoms. The van der Waals surface area contributed by atoms with Gasteiger partial charge < -0.3 is 10.0 Å². The van der Waals surface area contributed by atoms with Gasteiger partial charge in [0.2, 0.25) is 0 Å². The zero-order chi connectivity index (χ0) is 13.0. The molecule has 100 valence electrons. The summed E-state index contributed by atoms with van der Waals surface area (Å²) in [6, 6.07) is 8.64.